The summed E-state index contributed by atoms with van der Waals surface area (Å²) in [7, 11) is 0. The van der Waals surface area contributed by atoms with Crippen LogP contribution in [0, 0.1) is 11.6 Å². The van der Waals surface area contributed by atoms with Crippen molar-refractivity contribution in [2.45, 2.75) is 25.4 Å². The van der Waals surface area contributed by atoms with Crippen molar-refractivity contribution in [1.29, 1.82) is 0 Å². The Morgan fingerprint density at radius 2 is 1.55 bits per heavy atom. The van der Waals surface area contributed by atoms with Gasteiger partial charge in [0, 0.05) is 31.4 Å². The second kappa shape index (κ2) is 9.71. The number of likely N-dealkylation sites (tertiary alicyclic amines) is 1. The fourth-order valence-electron chi connectivity index (χ4n) is 4.01. The fraction of sp³-hybridized carbons (Fsp3) is 0.240. The van der Waals surface area contributed by atoms with E-state index in [1.54, 1.807) is 18.2 Å². The number of nitrogens with zero attached hydrogens (tertiary/aromatic N) is 2. The Morgan fingerprint density at radius 3 is 2.23 bits per heavy atom. The zero-order valence-electron chi connectivity index (χ0n) is 17.2. The molecule has 160 valence electrons. The minimum absolute atomic E-state index is 0.135. The Kier molecular flexibility index (Phi) is 6.57. The van der Waals surface area contributed by atoms with Crippen molar-refractivity contribution >= 4 is 17.4 Å². The third-order valence-electron chi connectivity index (χ3n) is 5.60. The average Bonchev–Trinajstić information content (AvgIpc) is 2.79. The van der Waals surface area contributed by atoms with Gasteiger partial charge in [-0.2, -0.15) is 0 Å². The van der Waals surface area contributed by atoms with Crippen molar-refractivity contribution in [2.75, 3.05) is 23.3 Å². The molecule has 3 aromatic carbocycles. The number of hydrogen-bond donors (Lipinski definition) is 1. The lowest BCUT2D eigenvalue weighted by atomic mass is 10.0. The summed E-state index contributed by atoms with van der Waals surface area (Å²) in [6.07, 6.45) is 1.47. The molecule has 0 aromatic heterocycles. The molecule has 1 aliphatic rings. The zero-order chi connectivity index (χ0) is 21.6. The number of carbonyl (C=O) groups excluding carboxylic acids is 1. The van der Waals surface area contributed by atoms with E-state index in [0.29, 0.717) is 5.69 Å². The number of rotatable bonds is 5. The standard InChI is InChI=1S/C25H25F2N3O/c26-20-10-12-21(13-11-20)28-25(31)30(24-9-5-4-8-23(24)27)22-14-16-29(17-15-22)18-19-6-2-1-3-7-19/h1-13,22H,14-18H2,(H,28,31). The molecule has 1 aliphatic heterocycles. The van der Waals surface area contributed by atoms with Gasteiger partial charge < -0.3 is 5.32 Å². The Morgan fingerprint density at radius 1 is 0.903 bits per heavy atom. The van der Waals surface area contributed by atoms with Gasteiger partial charge in [-0.25, -0.2) is 13.6 Å². The van der Waals surface area contributed by atoms with Gasteiger partial charge in [0.15, 0.2) is 0 Å². The summed E-state index contributed by atoms with van der Waals surface area (Å²) in [5.41, 5.74) is 1.97. The lowest BCUT2D eigenvalue weighted by Gasteiger charge is -2.38. The largest absolute Gasteiger partial charge is 0.326 e. The predicted molar refractivity (Wildman–Crippen MR) is 119 cm³/mol. The number of para-hydroxylation sites is 1. The number of halogens is 2. The Hall–Kier alpha value is -3.25. The van der Waals surface area contributed by atoms with Crippen LogP contribution in [-0.2, 0) is 6.54 Å². The maximum Gasteiger partial charge on any atom is 0.326 e. The molecule has 0 aliphatic carbocycles. The summed E-state index contributed by atoms with van der Waals surface area (Å²) in [4.78, 5) is 17.0. The number of anilines is 2. The van der Waals surface area contributed by atoms with Crippen LogP contribution in [0.2, 0.25) is 0 Å². The summed E-state index contributed by atoms with van der Waals surface area (Å²) >= 11 is 0. The molecule has 31 heavy (non-hydrogen) atoms. The third kappa shape index (κ3) is 5.27. The number of amides is 2. The molecule has 0 saturated carbocycles. The molecule has 0 radical (unpaired) electrons. The van der Waals surface area contributed by atoms with Crippen LogP contribution < -0.4 is 10.2 Å². The third-order valence-corrected chi connectivity index (χ3v) is 5.60. The van der Waals surface area contributed by atoms with E-state index < -0.39 is 11.8 Å². The molecule has 1 N–H and O–H groups in total. The SMILES string of the molecule is O=C(Nc1ccc(F)cc1)N(c1ccccc1F)C1CCN(Cc2ccccc2)CC1. The average molecular weight is 421 g/mol. The van der Waals surface area contributed by atoms with Crippen LogP contribution in [-0.4, -0.2) is 30.1 Å². The van der Waals surface area contributed by atoms with Gasteiger partial charge in [-0.1, -0.05) is 42.5 Å². The Balaban J connectivity index is 1.49. The highest BCUT2D eigenvalue weighted by atomic mass is 19.1. The quantitative estimate of drug-likeness (QED) is 0.576. The van der Waals surface area contributed by atoms with Gasteiger partial charge >= 0.3 is 6.03 Å². The minimum Gasteiger partial charge on any atom is -0.308 e. The smallest absolute Gasteiger partial charge is 0.308 e. The molecule has 4 nitrogen and oxygen atoms in total. The van der Waals surface area contributed by atoms with E-state index in [2.05, 4.69) is 22.3 Å². The van der Waals surface area contributed by atoms with Gasteiger partial charge in [0.25, 0.3) is 0 Å². The molecular formula is C25H25F2N3O. The first-order chi connectivity index (χ1) is 15.1. The van der Waals surface area contributed by atoms with E-state index in [4.69, 9.17) is 0 Å². The highest BCUT2D eigenvalue weighted by molar-refractivity contribution is 6.02. The first kappa shape index (κ1) is 21.0. The lowest BCUT2D eigenvalue weighted by molar-refractivity contribution is 0.199. The molecule has 0 spiro atoms. The molecule has 1 fully saturated rings. The fourth-order valence-corrected chi connectivity index (χ4v) is 4.01. The summed E-state index contributed by atoms with van der Waals surface area (Å²) in [5.74, 6) is -0.821. The highest BCUT2D eigenvalue weighted by Crippen LogP contribution is 2.28. The number of piperidine rings is 1. The van der Waals surface area contributed by atoms with Crippen molar-refractivity contribution in [2.24, 2.45) is 0 Å². The second-order valence-corrected chi connectivity index (χ2v) is 7.75. The van der Waals surface area contributed by atoms with Crippen LogP contribution in [0.4, 0.5) is 25.0 Å². The maximum atomic E-state index is 14.6. The molecule has 4 rings (SSSR count). The van der Waals surface area contributed by atoms with E-state index in [-0.39, 0.29) is 17.5 Å². The molecular weight excluding hydrogens is 396 g/mol. The van der Waals surface area contributed by atoms with Gasteiger partial charge in [0.1, 0.15) is 11.6 Å². The first-order valence-corrected chi connectivity index (χ1v) is 10.5. The van der Waals surface area contributed by atoms with Crippen LogP contribution in [0.3, 0.4) is 0 Å². The van der Waals surface area contributed by atoms with Crippen LogP contribution in [0.25, 0.3) is 0 Å². The first-order valence-electron chi connectivity index (χ1n) is 10.5. The van der Waals surface area contributed by atoms with Crippen molar-refractivity contribution in [3.05, 3.63) is 96.1 Å². The van der Waals surface area contributed by atoms with Crippen molar-refractivity contribution in [3.63, 3.8) is 0 Å². The van der Waals surface area contributed by atoms with Gasteiger partial charge in [-0.15, -0.1) is 0 Å². The molecule has 1 saturated heterocycles. The zero-order valence-corrected chi connectivity index (χ0v) is 17.2. The van der Waals surface area contributed by atoms with E-state index in [1.165, 1.54) is 40.8 Å². The highest BCUT2D eigenvalue weighted by Gasteiger charge is 2.31. The lowest BCUT2D eigenvalue weighted by Crippen LogP contribution is -2.49. The van der Waals surface area contributed by atoms with Gasteiger partial charge in [0.05, 0.1) is 5.69 Å². The van der Waals surface area contributed by atoms with E-state index >= 15 is 0 Å². The molecule has 0 unspecified atom stereocenters. The van der Waals surface area contributed by atoms with Crippen LogP contribution >= 0.6 is 0 Å². The monoisotopic (exact) mass is 421 g/mol. The van der Waals surface area contributed by atoms with Crippen molar-refractivity contribution in [1.82, 2.24) is 4.90 Å². The Bertz CT molecular complexity index is 1000. The van der Waals surface area contributed by atoms with Crippen molar-refractivity contribution < 1.29 is 13.6 Å². The second-order valence-electron chi connectivity index (χ2n) is 7.75. The number of urea groups is 1. The molecule has 6 heteroatoms. The van der Waals surface area contributed by atoms with E-state index in [9.17, 15) is 13.6 Å². The molecule has 3 aromatic rings. The normalized spacial score (nSPS) is 14.9. The van der Waals surface area contributed by atoms with Gasteiger partial charge in [-0.3, -0.25) is 9.80 Å². The topological polar surface area (TPSA) is 35.6 Å². The summed E-state index contributed by atoms with van der Waals surface area (Å²) in [6, 6.07) is 21.6. The van der Waals surface area contributed by atoms with Crippen molar-refractivity contribution in [3.8, 4) is 0 Å². The maximum absolute atomic E-state index is 14.6. The van der Waals surface area contributed by atoms with Crippen LogP contribution in [0.1, 0.15) is 18.4 Å². The molecule has 1 heterocycles. The summed E-state index contributed by atoms with van der Waals surface area (Å²) in [5, 5.41) is 2.78. The molecule has 2 amide bonds. The number of benzene rings is 3. The Labute approximate surface area is 181 Å². The summed E-state index contributed by atoms with van der Waals surface area (Å²) < 4.78 is 27.8. The van der Waals surface area contributed by atoms with Gasteiger partial charge in [-0.05, 0) is 54.8 Å². The summed E-state index contributed by atoms with van der Waals surface area (Å²) in [6.45, 7) is 2.48. The van der Waals surface area contributed by atoms with Crippen LogP contribution in [0.5, 0.6) is 0 Å². The van der Waals surface area contributed by atoms with Crippen LogP contribution in [0.15, 0.2) is 78.9 Å². The van der Waals surface area contributed by atoms with E-state index in [0.717, 1.165) is 32.5 Å². The molecule has 0 bridgehead atoms. The number of nitrogens with one attached hydrogen (secondary N) is 1. The van der Waals surface area contributed by atoms with E-state index in [1.807, 2.05) is 18.2 Å². The van der Waals surface area contributed by atoms with Gasteiger partial charge in [0.2, 0.25) is 0 Å². The predicted octanol–water partition coefficient (Wildman–Crippen LogP) is 5.67. The minimum atomic E-state index is -0.441. The number of carbonyl (C=O) groups is 1. The number of hydrogen-bond acceptors (Lipinski definition) is 2. The molecule has 0 atom stereocenters.